The van der Waals surface area contributed by atoms with Crippen molar-refractivity contribution in [2.75, 3.05) is 32.5 Å². The van der Waals surface area contributed by atoms with E-state index in [-0.39, 0.29) is 22.4 Å². The van der Waals surface area contributed by atoms with Crippen LogP contribution >= 0.6 is 0 Å². The van der Waals surface area contributed by atoms with Crippen LogP contribution in [-0.4, -0.2) is 60.4 Å². The Morgan fingerprint density at radius 1 is 1.23 bits per heavy atom. The summed E-state index contributed by atoms with van der Waals surface area (Å²) in [5.74, 6) is 0.355. The standard InChI is InChI=1S/C20H27N7O3S/c1-13(2)16-12-23-27-18(11-17(25-19(16)27)20(28)22-10-9-21)24-14-5-7-15(8-6-14)31(29,30)26(3)4/h5-8,11-13,24H,9-10,21H2,1-4H3,(H,22,28). The van der Waals surface area contributed by atoms with E-state index in [9.17, 15) is 13.2 Å². The molecule has 0 bridgehead atoms. The molecule has 2 aromatic heterocycles. The van der Waals surface area contributed by atoms with E-state index >= 15 is 0 Å². The number of nitrogens with one attached hydrogen (secondary N) is 2. The minimum atomic E-state index is -3.52. The summed E-state index contributed by atoms with van der Waals surface area (Å²) in [6, 6.07) is 7.95. The summed E-state index contributed by atoms with van der Waals surface area (Å²) < 4.78 is 27.3. The van der Waals surface area contributed by atoms with E-state index in [0.717, 1.165) is 9.87 Å². The molecule has 0 saturated heterocycles. The van der Waals surface area contributed by atoms with Gasteiger partial charge >= 0.3 is 0 Å². The fourth-order valence-corrected chi connectivity index (χ4v) is 3.84. The maximum absolute atomic E-state index is 12.5. The van der Waals surface area contributed by atoms with Gasteiger partial charge in [0.2, 0.25) is 10.0 Å². The van der Waals surface area contributed by atoms with Gasteiger partial charge in [0.05, 0.1) is 11.1 Å². The Hall–Kier alpha value is -3.02. The van der Waals surface area contributed by atoms with Gasteiger partial charge in [0.15, 0.2) is 5.65 Å². The third-order valence-electron chi connectivity index (χ3n) is 4.69. The van der Waals surface area contributed by atoms with Gasteiger partial charge in [0.1, 0.15) is 11.5 Å². The summed E-state index contributed by atoms with van der Waals surface area (Å²) in [5.41, 5.74) is 7.83. The minimum Gasteiger partial charge on any atom is -0.349 e. The average molecular weight is 446 g/mol. The lowest BCUT2D eigenvalue weighted by molar-refractivity contribution is 0.0950. The molecule has 3 aromatic rings. The molecule has 1 aromatic carbocycles. The molecule has 0 unspecified atom stereocenters. The molecule has 0 aliphatic heterocycles. The van der Waals surface area contributed by atoms with Crippen LogP contribution in [0, 0.1) is 0 Å². The minimum absolute atomic E-state index is 0.163. The predicted molar refractivity (Wildman–Crippen MR) is 119 cm³/mol. The summed E-state index contributed by atoms with van der Waals surface area (Å²) in [6.45, 7) is 4.71. The Kier molecular flexibility index (Phi) is 6.58. The number of nitrogens with two attached hydrogens (primary N) is 1. The van der Waals surface area contributed by atoms with E-state index in [1.54, 1.807) is 28.9 Å². The molecule has 3 rings (SSSR count). The molecule has 10 nitrogen and oxygen atoms in total. The number of fused-ring (bicyclic) bond motifs is 1. The highest BCUT2D eigenvalue weighted by Gasteiger charge is 2.19. The highest BCUT2D eigenvalue weighted by Crippen LogP contribution is 2.25. The van der Waals surface area contributed by atoms with Crippen molar-refractivity contribution in [1.82, 2.24) is 24.2 Å². The predicted octanol–water partition coefficient (Wildman–Crippen LogP) is 1.54. The molecule has 0 atom stereocenters. The summed E-state index contributed by atoms with van der Waals surface area (Å²) >= 11 is 0. The number of anilines is 2. The van der Waals surface area contributed by atoms with Crippen molar-refractivity contribution in [3.63, 3.8) is 0 Å². The first-order valence-corrected chi connectivity index (χ1v) is 11.3. The molecule has 1 amide bonds. The highest BCUT2D eigenvalue weighted by atomic mass is 32.2. The Morgan fingerprint density at radius 2 is 1.90 bits per heavy atom. The number of hydrogen-bond donors (Lipinski definition) is 3. The second-order valence-electron chi connectivity index (χ2n) is 7.50. The van der Waals surface area contributed by atoms with Crippen LogP contribution in [-0.2, 0) is 10.0 Å². The van der Waals surface area contributed by atoms with Crippen molar-refractivity contribution in [3.8, 4) is 0 Å². The number of rotatable bonds is 8. The van der Waals surface area contributed by atoms with Crippen molar-refractivity contribution in [1.29, 1.82) is 0 Å². The Balaban J connectivity index is 2.01. The normalized spacial score (nSPS) is 12.0. The maximum Gasteiger partial charge on any atom is 0.270 e. The van der Waals surface area contributed by atoms with Gasteiger partial charge in [0.25, 0.3) is 5.91 Å². The molecule has 11 heteroatoms. The second-order valence-corrected chi connectivity index (χ2v) is 9.65. The van der Waals surface area contributed by atoms with Crippen LogP contribution in [0.15, 0.2) is 41.4 Å². The second kappa shape index (κ2) is 9.00. The van der Waals surface area contributed by atoms with Crippen molar-refractivity contribution in [2.45, 2.75) is 24.7 Å². The molecule has 2 heterocycles. The molecule has 0 spiro atoms. The number of amides is 1. The number of benzene rings is 1. The van der Waals surface area contributed by atoms with Gasteiger partial charge in [-0.1, -0.05) is 13.8 Å². The molecule has 31 heavy (non-hydrogen) atoms. The molecule has 0 saturated carbocycles. The molecule has 0 fully saturated rings. The topological polar surface area (TPSA) is 135 Å². The largest absolute Gasteiger partial charge is 0.349 e. The Labute approximate surface area is 181 Å². The number of nitrogens with zero attached hydrogens (tertiary/aromatic N) is 4. The Morgan fingerprint density at radius 3 is 2.48 bits per heavy atom. The summed E-state index contributed by atoms with van der Waals surface area (Å²) in [6.07, 6.45) is 1.73. The van der Waals surface area contributed by atoms with Gasteiger partial charge in [-0.25, -0.2) is 17.7 Å². The summed E-state index contributed by atoms with van der Waals surface area (Å²) in [5, 5.41) is 10.3. The van der Waals surface area contributed by atoms with E-state index < -0.39 is 10.0 Å². The van der Waals surface area contributed by atoms with Gasteiger partial charge in [0, 0.05) is 44.5 Å². The zero-order chi connectivity index (χ0) is 22.8. The lowest BCUT2D eigenvalue weighted by atomic mass is 10.1. The molecule has 166 valence electrons. The van der Waals surface area contributed by atoms with Crippen molar-refractivity contribution >= 4 is 33.1 Å². The van der Waals surface area contributed by atoms with Crippen LogP contribution in [0.3, 0.4) is 0 Å². The van der Waals surface area contributed by atoms with Crippen LogP contribution in [0.5, 0.6) is 0 Å². The van der Waals surface area contributed by atoms with E-state index in [1.165, 1.54) is 26.2 Å². The third kappa shape index (κ3) is 4.68. The lowest BCUT2D eigenvalue weighted by Crippen LogP contribution is -2.30. The fourth-order valence-electron chi connectivity index (χ4n) is 2.94. The third-order valence-corrected chi connectivity index (χ3v) is 6.52. The lowest BCUT2D eigenvalue weighted by Gasteiger charge is -2.14. The Bertz CT molecular complexity index is 1190. The average Bonchev–Trinajstić information content (AvgIpc) is 3.17. The van der Waals surface area contributed by atoms with E-state index in [4.69, 9.17) is 5.73 Å². The number of carbonyl (C=O) groups excluding carboxylic acids is 1. The van der Waals surface area contributed by atoms with Crippen LogP contribution in [0.4, 0.5) is 11.5 Å². The molecule has 0 aliphatic rings. The monoisotopic (exact) mass is 445 g/mol. The van der Waals surface area contributed by atoms with Crippen LogP contribution < -0.4 is 16.4 Å². The number of carbonyl (C=O) groups is 1. The van der Waals surface area contributed by atoms with Gasteiger partial charge in [-0.2, -0.15) is 9.61 Å². The zero-order valence-electron chi connectivity index (χ0n) is 18.0. The van der Waals surface area contributed by atoms with Gasteiger partial charge in [-0.3, -0.25) is 4.79 Å². The van der Waals surface area contributed by atoms with Gasteiger partial charge < -0.3 is 16.4 Å². The van der Waals surface area contributed by atoms with Crippen LogP contribution in [0.1, 0.15) is 35.8 Å². The van der Waals surface area contributed by atoms with Crippen LogP contribution in [0.25, 0.3) is 5.65 Å². The fraction of sp³-hybridized carbons (Fsp3) is 0.350. The number of sulfonamides is 1. The van der Waals surface area contributed by atoms with Crippen molar-refractivity contribution < 1.29 is 13.2 Å². The van der Waals surface area contributed by atoms with Crippen molar-refractivity contribution in [2.24, 2.45) is 5.73 Å². The molecular weight excluding hydrogens is 418 g/mol. The van der Waals surface area contributed by atoms with Crippen molar-refractivity contribution in [3.05, 3.63) is 47.8 Å². The molecule has 0 aliphatic carbocycles. The first-order valence-electron chi connectivity index (χ1n) is 9.81. The maximum atomic E-state index is 12.5. The quantitative estimate of drug-likeness (QED) is 0.479. The summed E-state index contributed by atoms with van der Waals surface area (Å²) in [7, 11) is -0.554. The molecule has 0 radical (unpaired) electrons. The number of aromatic nitrogens is 3. The van der Waals surface area contributed by atoms with E-state index in [0.29, 0.717) is 30.2 Å². The summed E-state index contributed by atoms with van der Waals surface area (Å²) in [4.78, 5) is 17.2. The molecular formula is C20H27N7O3S. The van der Waals surface area contributed by atoms with E-state index in [1.807, 2.05) is 13.8 Å². The zero-order valence-corrected chi connectivity index (χ0v) is 18.8. The van der Waals surface area contributed by atoms with Crippen LogP contribution in [0.2, 0.25) is 0 Å². The molecule has 4 N–H and O–H groups in total. The number of hydrogen-bond acceptors (Lipinski definition) is 7. The smallest absolute Gasteiger partial charge is 0.270 e. The first kappa shape index (κ1) is 22.7. The SMILES string of the molecule is CC(C)c1cnn2c(Nc3ccc(S(=O)(=O)N(C)C)cc3)cc(C(=O)NCCN)nc12. The van der Waals surface area contributed by atoms with E-state index in [2.05, 4.69) is 20.7 Å². The highest BCUT2D eigenvalue weighted by molar-refractivity contribution is 7.89. The first-order chi connectivity index (χ1) is 14.6. The van der Waals surface area contributed by atoms with Gasteiger partial charge in [-0.05, 0) is 30.2 Å². The van der Waals surface area contributed by atoms with Gasteiger partial charge in [-0.15, -0.1) is 0 Å².